The summed E-state index contributed by atoms with van der Waals surface area (Å²) in [4.78, 5) is 0. The third-order valence-corrected chi connectivity index (χ3v) is 2.92. The zero-order valence-electron chi connectivity index (χ0n) is 11.8. The van der Waals surface area contributed by atoms with Crippen LogP contribution in [0.1, 0.15) is 13.8 Å². The van der Waals surface area contributed by atoms with Crippen LogP contribution in [0.2, 0.25) is 5.02 Å². The number of anilines is 2. The number of ether oxygens (including phenoxy) is 2. The van der Waals surface area contributed by atoms with Crippen molar-refractivity contribution in [3.05, 3.63) is 47.5 Å². The summed E-state index contributed by atoms with van der Waals surface area (Å²) in [5.41, 5.74) is 1.68. The van der Waals surface area contributed by atoms with Crippen LogP contribution in [-0.4, -0.2) is 13.2 Å². The molecule has 0 aliphatic carbocycles. The van der Waals surface area contributed by atoms with Gasteiger partial charge < -0.3 is 14.8 Å². The first-order valence-corrected chi connectivity index (χ1v) is 6.84. The first kappa shape index (κ1) is 14.5. The summed E-state index contributed by atoms with van der Waals surface area (Å²) in [7, 11) is 1.63. The second-order valence-electron chi connectivity index (χ2n) is 4.63. The van der Waals surface area contributed by atoms with E-state index in [0.29, 0.717) is 5.02 Å². The minimum absolute atomic E-state index is 0.110. The molecule has 0 atom stereocenters. The summed E-state index contributed by atoms with van der Waals surface area (Å²) in [5.74, 6) is 1.53. The molecular weight excluding hydrogens is 274 g/mol. The van der Waals surface area contributed by atoms with E-state index in [0.717, 1.165) is 22.9 Å². The van der Waals surface area contributed by atoms with Crippen LogP contribution in [0.25, 0.3) is 0 Å². The van der Waals surface area contributed by atoms with Gasteiger partial charge in [0.15, 0.2) is 0 Å². The highest BCUT2D eigenvalue weighted by Crippen LogP contribution is 2.34. The monoisotopic (exact) mass is 291 g/mol. The Balaban J connectivity index is 2.32. The van der Waals surface area contributed by atoms with Crippen molar-refractivity contribution in [2.75, 3.05) is 12.4 Å². The Morgan fingerprint density at radius 3 is 2.45 bits per heavy atom. The predicted molar refractivity (Wildman–Crippen MR) is 83.5 cm³/mol. The average molecular weight is 292 g/mol. The Morgan fingerprint density at radius 2 is 1.75 bits per heavy atom. The lowest BCUT2D eigenvalue weighted by molar-refractivity contribution is 0.244. The molecule has 0 amide bonds. The van der Waals surface area contributed by atoms with Crippen molar-refractivity contribution < 1.29 is 9.47 Å². The van der Waals surface area contributed by atoms with Crippen molar-refractivity contribution in [2.24, 2.45) is 0 Å². The topological polar surface area (TPSA) is 30.5 Å². The first-order chi connectivity index (χ1) is 9.60. The Kier molecular flexibility index (Phi) is 4.74. The maximum Gasteiger partial charge on any atom is 0.143 e. The summed E-state index contributed by atoms with van der Waals surface area (Å²) in [5, 5.41) is 3.95. The highest BCUT2D eigenvalue weighted by molar-refractivity contribution is 6.31. The van der Waals surface area contributed by atoms with E-state index in [4.69, 9.17) is 21.1 Å². The Labute approximate surface area is 124 Å². The van der Waals surface area contributed by atoms with Gasteiger partial charge in [0.1, 0.15) is 11.5 Å². The van der Waals surface area contributed by atoms with Crippen LogP contribution >= 0.6 is 11.6 Å². The molecule has 0 bridgehead atoms. The first-order valence-electron chi connectivity index (χ1n) is 6.46. The molecule has 0 saturated carbocycles. The van der Waals surface area contributed by atoms with Crippen LogP contribution in [0.4, 0.5) is 11.4 Å². The van der Waals surface area contributed by atoms with E-state index >= 15 is 0 Å². The van der Waals surface area contributed by atoms with Gasteiger partial charge in [0.2, 0.25) is 0 Å². The highest BCUT2D eigenvalue weighted by atomic mass is 35.5. The molecule has 2 aromatic carbocycles. The molecule has 1 N–H and O–H groups in total. The lowest BCUT2D eigenvalue weighted by atomic mass is 10.2. The molecule has 3 nitrogen and oxygen atoms in total. The number of nitrogens with one attached hydrogen (secondary N) is 1. The predicted octanol–water partition coefficient (Wildman–Crippen LogP) is 4.88. The normalized spacial score (nSPS) is 10.4. The molecule has 0 aliphatic heterocycles. The molecule has 0 heterocycles. The number of hydrogen-bond donors (Lipinski definition) is 1. The Morgan fingerprint density at radius 1 is 1.00 bits per heavy atom. The van der Waals surface area contributed by atoms with Gasteiger partial charge in [-0.25, -0.2) is 0 Å². The molecule has 2 aromatic rings. The quantitative estimate of drug-likeness (QED) is 0.851. The molecule has 0 aliphatic rings. The van der Waals surface area contributed by atoms with Crippen molar-refractivity contribution >= 4 is 23.0 Å². The highest BCUT2D eigenvalue weighted by Gasteiger charge is 2.09. The standard InChI is InChI=1S/C16H18ClNO2/c1-11(2)20-16-7-5-4-6-13(16)18-14-10-12(17)8-9-15(14)19-3/h4-11,18H,1-3H3. The summed E-state index contributed by atoms with van der Waals surface area (Å²) in [6, 6.07) is 13.2. The third-order valence-electron chi connectivity index (χ3n) is 2.68. The van der Waals surface area contributed by atoms with Crippen LogP contribution in [0.3, 0.4) is 0 Å². The molecule has 0 aromatic heterocycles. The molecule has 2 rings (SSSR count). The molecule has 0 radical (unpaired) electrons. The SMILES string of the molecule is COc1ccc(Cl)cc1Nc1ccccc1OC(C)C. The molecule has 0 saturated heterocycles. The van der Waals surface area contributed by atoms with Crippen LogP contribution in [0.5, 0.6) is 11.5 Å². The van der Waals surface area contributed by atoms with Crippen LogP contribution in [0.15, 0.2) is 42.5 Å². The number of rotatable bonds is 5. The molecule has 106 valence electrons. The smallest absolute Gasteiger partial charge is 0.143 e. The van der Waals surface area contributed by atoms with Crippen molar-refractivity contribution in [3.63, 3.8) is 0 Å². The summed E-state index contributed by atoms with van der Waals surface area (Å²) < 4.78 is 11.1. The fraction of sp³-hybridized carbons (Fsp3) is 0.250. The summed E-state index contributed by atoms with van der Waals surface area (Å²) in [6.07, 6.45) is 0.110. The second kappa shape index (κ2) is 6.53. The van der Waals surface area contributed by atoms with E-state index in [1.165, 1.54) is 0 Å². The summed E-state index contributed by atoms with van der Waals surface area (Å²) >= 11 is 6.04. The Hall–Kier alpha value is -1.87. The fourth-order valence-electron chi connectivity index (χ4n) is 1.85. The van der Waals surface area contributed by atoms with Gasteiger partial charge in [0.25, 0.3) is 0 Å². The van der Waals surface area contributed by atoms with Crippen molar-refractivity contribution in [2.45, 2.75) is 20.0 Å². The molecule has 0 unspecified atom stereocenters. The van der Waals surface area contributed by atoms with E-state index in [1.807, 2.05) is 50.2 Å². The maximum absolute atomic E-state index is 6.04. The molecule has 20 heavy (non-hydrogen) atoms. The second-order valence-corrected chi connectivity index (χ2v) is 5.07. The van der Waals surface area contributed by atoms with Gasteiger partial charge in [-0.05, 0) is 44.2 Å². The number of halogens is 1. The van der Waals surface area contributed by atoms with Gasteiger partial charge >= 0.3 is 0 Å². The lowest BCUT2D eigenvalue weighted by Crippen LogP contribution is -2.07. The fourth-order valence-corrected chi connectivity index (χ4v) is 2.02. The van der Waals surface area contributed by atoms with E-state index in [1.54, 1.807) is 13.2 Å². The van der Waals surface area contributed by atoms with E-state index in [2.05, 4.69) is 5.32 Å². The summed E-state index contributed by atoms with van der Waals surface area (Å²) in [6.45, 7) is 3.99. The number of hydrogen-bond acceptors (Lipinski definition) is 3. The molecule has 4 heteroatoms. The van der Waals surface area contributed by atoms with Gasteiger partial charge in [0, 0.05) is 5.02 Å². The maximum atomic E-state index is 6.04. The van der Waals surface area contributed by atoms with Gasteiger partial charge in [0.05, 0.1) is 24.6 Å². The number of benzene rings is 2. The van der Waals surface area contributed by atoms with E-state index < -0.39 is 0 Å². The Bertz CT molecular complexity index is 584. The lowest BCUT2D eigenvalue weighted by Gasteiger charge is -2.17. The van der Waals surface area contributed by atoms with Gasteiger partial charge in [-0.1, -0.05) is 23.7 Å². The van der Waals surface area contributed by atoms with Gasteiger partial charge in [-0.15, -0.1) is 0 Å². The molecule has 0 spiro atoms. The number of para-hydroxylation sites is 2. The van der Waals surface area contributed by atoms with Gasteiger partial charge in [-0.2, -0.15) is 0 Å². The van der Waals surface area contributed by atoms with Crippen molar-refractivity contribution in [1.82, 2.24) is 0 Å². The largest absolute Gasteiger partial charge is 0.495 e. The number of methoxy groups -OCH3 is 1. The minimum atomic E-state index is 0.110. The van der Waals surface area contributed by atoms with E-state index in [9.17, 15) is 0 Å². The van der Waals surface area contributed by atoms with Crippen LogP contribution in [-0.2, 0) is 0 Å². The van der Waals surface area contributed by atoms with Crippen LogP contribution in [0, 0.1) is 0 Å². The van der Waals surface area contributed by atoms with Crippen LogP contribution < -0.4 is 14.8 Å². The minimum Gasteiger partial charge on any atom is -0.495 e. The zero-order chi connectivity index (χ0) is 14.5. The van der Waals surface area contributed by atoms with Crippen molar-refractivity contribution in [1.29, 1.82) is 0 Å². The third kappa shape index (κ3) is 3.58. The molecular formula is C16H18ClNO2. The zero-order valence-corrected chi connectivity index (χ0v) is 12.6. The molecule has 0 fully saturated rings. The average Bonchev–Trinajstić information content (AvgIpc) is 2.41. The van der Waals surface area contributed by atoms with Gasteiger partial charge in [-0.3, -0.25) is 0 Å². The van der Waals surface area contributed by atoms with Crippen molar-refractivity contribution in [3.8, 4) is 11.5 Å². The van der Waals surface area contributed by atoms with E-state index in [-0.39, 0.29) is 6.10 Å².